The fourth-order valence-electron chi connectivity index (χ4n) is 3.68. The number of halogens is 2. The van der Waals surface area contributed by atoms with E-state index in [-0.39, 0.29) is 16.8 Å². The van der Waals surface area contributed by atoms with Crippen molar-refractivity contribution in [3.8, 4) is 11.1 Å². The molecule has 150 valence electrons. The molecule has 0 radical (unpaired) electrons. The number of aromatic nitrogens is 3. The predicted octanol–water partition coefficient (Wildman–Crippen LogP) is 4.55. The number of pyridine rings is 1. The molecule has 0 aliphatic carbocycles. The van der Waals surface area contributed by atoms with Crippen LogP contribution in [0.4, 0.5) is 8.78 Å². The van der Waals surface area contributed by atoms with E-state index in [1.807, 2.05) is 19.2 Å². The smallest absolute Gasteiger partial charge is 0.256 e. The van der Waals surface area contributed by atoms with Crippen LogP contribution >= 0.6 is 0 Å². The highest BCUT2D eigenvalue weighted by molar-refractivity contribution is 5.97. The predicted molar refractivity (Wildman–Crippen MR) is 109 cm³/mol. The summed E-state index contributed by atoms with van der Waals surface area (Å²) in [4.78, 5) is 17.5. The minimum absolute atomic E-state index is 0.0537. The summed E-state index contributed by atoms with van der Waals surface area (Å²) in [6, 6.07) is 10.8. The molecule has 5 nitrogen and oxygen atoms in total. The van der Waals surface area contributed by atoms with Crippen LogP contribution < -0.4 is 0 Å². The molecular formula is C23H18F2N4O. The molecular weight excluding hydrogens is 386 g/mol. The molecule has 5 rings (SSSR count). The van der Waals surface area contributed by atoms with Gasteiger partial charge < -0.3 is 4.90 Å². The van der Waals surface area contributed by atoms with Gasteiger partial charge in [-0.05, 0) is 48.4 Å². The summed E-state index contributed by atoms with van der Waals surface area (Å²) in [6.45, 7) is -0.214. The summed E-state index contributed by atoms with van der Waals surface area (Å²) >= 11 is 0. The van der Waals surface area contributed by atoms with Crippen LogP contribution in [-0.2, 0) is 19.6 Å². The normalized spacial score (nSPS) is 16.0. The molecule has 4 aromatic rings. The van der Waals surface area contributed by atoms with Crippen molar-refractivity contribution < 1.29 is 16.3 Å². The maximum Gasteiger partial charge on any atom is 0.256 e. The molecule has 2 aromatic carbocycles. The zero-order valence-electron chi connectivity index (χ0n) is 18.1. The largest absolute Gasteiger partial charge is 0.328 e. The number of carbonyl (C=O) groups is 1. The van der Waals surface area contributed by atoms with Crippen LogP contribution in [0.2, 0.25) is 0 Å². The van der Waals surface area contributed by atoms with Crippen molar-refractivity contribution in [2.24, 2.45) is 0 Å². The maximum absolute atomic E-state index is 15.1. The lowest BCUT2D eigenvalue weighted by Crippen LogP contribution is -2.24. The second-order valence-electron chi connectivity index (χ2n) is 7.04. The standard InChI is InChI=1S/C23H18F2N4O/c1-2-29-12-17-15(5-3-7-21(17)27-29)14-9-19(24)18(20(25)10-14)11-28-13-22-16(23(28)30)6-4-8-26-22/h3-10,12H,2,11,13H2,1H3/i13D2. The number of fused-ring (bicyclic) bond motifs is 2. The highest BCUT2D eigenvalue weighted by Crippen LogP contribution is 2.32. The van der Waals surface area contributed by atoms with Gasteiger partial charge in [-0.15, -0.1) is 0 Å². The van der Waals surface area contributed by atoms with Crippen molar-refractivity contribution in [1.29, 1.82) is 0 Å². The van der Waals surface area contributed by atoms with Gasteiger partial charge in [-0.25, -0.2) is 8.78 Å². The van der Waals surface area contributed by atoms with Crippen molar-refractivity contribution in [3.63, 3.8) is 0 Å². The molecule has 30 heavy (non-hydrogen) atoms. The van der Waals surface area contributed by atoms with Crippen LogP contribution in [0, 0.1) is 11.6 Å². The number of aryl methyl sites for hydroxylation is 1. The van der Waals surface area contributed by atoms with Crippen LogP contribution in [0.3, 0.4) is 0 Å². The highest BCUT2D eigenvalue weighted by atomic mass is 19.1. The average Bonchev–Trinajstić information content (AvgIpc) is 3.28. The first-order valence-electron chi connectivity index (χ1n) is 10.5. The van der Waals surface area contributed by atoms with Gasteiger partial charge in [-0.1, -0.05) is 12.1 Å². The minimum Gasteiger partial charge on any atom is -0.328 e. The molecule has 1 amide bonds. The van der Waals surface area contributed by atoms with Crippen LogP contribution in [0.15, 0.2) is 54.9 Å². The summed E-state index contributed by atoms with van der Waals surface area (Å²) in [7, 11) is 0. The zero-order valence-corrected chi connectivity index (χ0v) is 16.1. The molecule has 0 spiro atoms. The fourth-order valence-corrected chi connectivity index (χ4v) is 3.68. The quantitative estimate of drug-likeness (QED) is 0.500. The molecule has 0 N–H and O–H groups in total. The van der Waals surface area contributed by atoms with Gasteiger partial charge in [0.25, 0.3) is 5.91 Å². The molecule has 0 saturated heterocycles. The van der Waals surface area contributed by atoms with E-state index >= 15 is 8.78 Å². The molecule has 0 bridgehead atoms. The Morgan fingerprint density at radius 1 is 1.13 bits per heavy atom. The van der Waals surface area contributed by atoms with E-state index < -0.39 is 30.6 Å². The molecule has 0 unspecified atom stereocenters. The average molecular weight is 406 g/mol. The number of rotatable bonds is 4. The van der Waals surface area contributed by atoms with Crippen molar-refractivity contribution in [2.45, 2.75) is 26.5 Å². The summed E-state index contributed by atoms with van der Waals surface area (Å²) in [5, 5.41) is 5.20. The summed E-state index contributed by atoms with van der Waals surface area (Å²) in [5.41, 5.74) is 1.35. The first kappa shape index (κ1) is 16.2. The second kappa shape index (κ2) is 7.02. The molecule has 1 aliphatic heterocycles. The van der Waals surface area contributed by atoms with Gasteiger partial charge in [-0.2, -0.15) is 5.10 Å². The van der Waals surface area contributed by atoms with Crippen LogP contribution in [0.25, 0.3) is 22.0 Å². The number of nitrogens with zero attached hydrogens (tertiary/aromatic N) is 4. The Hall–Kier alpha value is -3.61. The van der Waals surface area contributed by atoms with Crippen molar-refractivity contribution in [3.05, 3.63) is 83.3 Å². The lowest BCUT2D eigenvalue weighted by molar-refractivity contribution is 0.0763. The summed E-state index contributed by atoms with van der Waals surface area (Å²) in [5.74, 6) is -2.36. The first-order valence-corrected chi connectivity index (χ1v) is 9.53. The number of amides is 1. The van der Waals surface area contributed by atoms with E-state index in [9.17, 15) is 4.79 Å². The zero-order chi connectivity index (χ0) is 22.6. The van der Waals surface area contributed by atoms with Crippen LogP contribution in [0.1, 0.15) is 31.3 Å². The Morgan fingerprint density at radius 3 is 2.63 bits per heavy atom. The van der Waals surface area contributed by atoms with Crippen LogP contribution in [0.5, 0.6) is 0 Å². The molecule has 0 fully saturated rings. The summed E-state index contributed by atoms with van der Waals surface area (Å²) < 4.78 is 48.5. The van der Waals surface area contributed by atoms with E-state index in [1.165, 1.54) is 30.5 Å². The van der Waals surface area contributed by atoms with Gasteiger partial charge in [0.1, 0.15) is 11.6 Å². The van der Waals surface area contributed by atoms with Crippen molar-refractivity contribution >= 4 is 16.8 Å². The first-order chi connectivity index (χ1) is 15.3. The monoisotopic (exact) mass is 406 g/mol. The second-order valence-corrected chi connectivity index (χ2v) is 7.04. The van der Waals surface area contributed by atoms with Gasteiger partial charge in [0.15, 0.2) is 0 Å². The van der Waals surface area contributed by atoms with Gasteiger partial charge in [0.05, 0.1) is 32.6 Å². The Bertz CT molecular complexity index is 1360. The third-order valence-corrected chi connectivity index (χ3v) is 5.21. The van der Waals surface area contributed by atoms with E-state index in [2.05, 4.69) is 10.1 Å². The molecule has 7 heteroatoms. The van der Waals surface area contributed by atoms with Gasteiger partial charge in [0.2, 0.25) is 0 Å². The minimum atomic E-state index is -2.27. The molecule has 1 aliphatic rings. The molecule has 0 atom stereocenters. The Kier molecular flexibility index (Phi) is 3.79. The summed E-state index contributed by atoms with van der Waals surface area (Å²) in [6.07, 6.45) is 3.21. The lowest BCUT2D eigenvalue weighted by atomic mass is 9.99. The van der Waals surface area contributed by atoms with E-state index in [1.54, 1.807) is 16.8 Å². The molecule has 2 aromatic heterocycles. The van der Waals surface area contributed by atoms with E-state index in [0.29, 0.717) is 17.7 Å². The Balaban J connectivity index is 1.54. The van der Waals surface area contributed by atoms with Crippen LogP contribution in [-0.4, -0.2) is 25.6 Å². The topological polar surface area (TPSA) is 51.0 Å². The number of hydrogen-bond donors (Lipinski definition) is 0. The van der Waals surface area contributed by atoms with Crippen molar-refractivity contribution in [1.82, 2.24) is 19.7 Å². The third kappa shape index (κ3) is 2.94. The third-order valence-electron chi connectivity index (χ3n) is 5.21. The fraction of sp³-hybridized carbons (Fsp3) is 0.174. The van der Waals surface area contributed by atoms with E-state index in [4.69, 9.17) is 2.74 Å². The van der Waals surface area contributed by atoms with Gasteiger partial charge in [0, 0.05) is 29.9 Å². The number of hydrogen-bond acceptors (Lipinski definition) is 3. The number of carbonyl (C=O) groups excluding carboxylic acids is 1. The highest BCUT2D eigenvalue weighted by Gasteiger charge is 2.29. The van der Waals surface area contributed by atoms with Crippen molar-refractivity contribution in [2.75, 3.05) is 0 Å². The number of benzene rings is 2. The maximum atomic E-state index is 15.1. The molecule has 0 saturated carbocycles. The molecule has 3 heterocycles. The van der Waals surface area contributed by atoms with Gasteiger partial charge >= 0.3 is 0 Å². The lowest BCUT2D eigenvalue weighted by Gasteiger charge is -2.17. The Morgan fingerprint density at radius 2 is 1.90 bits per heavy atom. The van der Waals surface area contributed by atoms with E-state index in [0.717, 1.165) is 15.8 Å². The van der Waals surface area contributed by atoms with Gasteiger partial charge in [-0.3, -0.25) is 14.5 Å². The Labute approximate surface area is 174 Å². The SMILES string of the molecule is [2H]C1([2H])c2ncccc2C(=O)N1Cc1c(F)cc(-c2cccc3nn(CC)cc23)cc1F.